The van der Waals surface area contributed by atoms with Crippen molar-refractivity contribution >= 4 is 29.2 Å². The minimum atomic E-state index is 0.605. The topological polar surface area (TPSA) is 58.5 Å². The highest BCUT2D eigenvalue weighted by atomic mass is 32.1. The zero-order valence-corrected chi connectivity index (χ0v) is 14.6. The largest absolute Gasteiger partial charge is 0.368 e. The van der Waals surface area contributed by atoms with E-state index in [0.29, 0.717) is 16.6 Å². The second-order valence-electron chi connectivity index (χ2n) is 6.98. The first-order valence-corrected chi connectivity index (χ1v) is 9.41. The number of rotatable bonds is 5. The Morgan fingerprint density at radius 2 is 1.96 bits per heavy atom. The summed E-state index contributed by atoms with van der Waals surface area (Å²) in [6.45, 7) is 3.88. The maximum atomic E-state index is 5.60. The Kier molecular flexibility index (Phi) is 4.09. The molecule has 2 heterocycles. The van der Waals surface area contributed by atoms with Gasteiger partial charge in [-0.1, -0.05) is 19.3 Å². The van der Waals surface area contributed by atoms with Crippen molar-refractivity contribution in [1.82, 2.24) is 19.5 Å². The average Bonchev–Trinajstić information content (AvgIpc) is 3.31. The third-order valence-corrected chi connectivity index (χ3v) is 5.42. The molecule has 4 rings (SSSR count). The summed E-state index contributed by atoms with van der Waals surface area (Å²) in [4.78, 5) is 13.1. The fourth-order valence-electron chi connectivity index (χ4n) is 3.68. The van der Waals surface area contributed by atoms with Crippen LogP contribution in [-0.2, 0) is 6.54 Å². The quantitative estimate of drug-likeness (QED) is 0.798. The van der Waals surface area contributed by atoms with Gasteiger partial charge in [-0.2, -0.15) is 0 Å². The molecule has 0 atom stereocenters. The zero-order chi connectivity index (χ0) is 15.8. The molecule has 2 aliphatic rings. The number of H-pyrrole nitrogens is 1. The molecular weight excluding hydrogens is 306 g/mol. The van der Waals surface area contributed by atoms with Crippen LogP contribution in [0.1, 0.15) is 63.6 Å². The summed E-state index contributed by atoms with van der Waals surface area (Å²) in [6, 6.07) is 0. The Hall–Kier alpha value is -1.43. The molecule has 0 bridgehead atoms. The van der Waals surface area contributed by atoms with Crippen molar-refractivity contribution in [1.29, 1.82) is 0 Å². The molecule has 0 aliphatic heterocycles. The Labute approximate surface area is 141 Å². The van der Waals surface area contributed by atoms with E-state index in [1.807, 2.05) is 0 Å². The summed E-state index contributed by atoms with van der Waals surface area (Å²) in [5, 5.41) is 3.33. The summed E-state index contributed by atoms with van der Waals surface area (Å²) in [5.41, 5.74) is 2.02. The molecule has 23 heavy (non-hydrogen) atoms. The van der Waals surface area contributed by atoms with E-state index in [9.17, 15) is 0 Å². The first-order valence-electron chi connectivity index (χ1n) is 9.00. The molecule has 0 radical (unpaired) electrons. The predicted octanol–water partition coefficient (Wildman–Crippen LogP) is 4.38. The predicted molar refractivity (Wildman–Crippen MR) is 95.4 cm³/mol. The van der Waals surface area contributed by atoms with Crippen LogP contribution in [0.4, 0.5) is 5.82 Å². The van der Waals surface area contributed by atoms with Gasteiger partial charge in [-0.3, -0.25) is 4.57 Å². The molecule has 0 spiro atoms. The van der Waals surface area contributed by atoms with Gasteiger partial charge in [-0.15, -0.1) is 0 Å². The smallest absolute Gasteiger partial charge is 0.203 e. The van der Waals surface area contributed by atoms with Crippen LogP contribution in [-0.4, -0.2) is 26.1 Å². The number of anilines is 1. The van der Waals surface area contributed by atoms with E-state index in [-0.39, 0.29) is 0 Å². The second kappa shape index (κ2) is 6.23. The van der Waals surface area contributed by atoms with E-state index in [1.165, 1.54) is 44.9 Å². The van der Waals surface area contributed by atoms with Crippen molar-refractivity contribution in [3.8, 4) is 0 Å². The molecular formula is C17H25N5S. The van der Waals surface area contributed by atoms with Crippen molar-refractivity contribution in [2.24, 2.45) is 5.92 Å². The molecule has 2 N–H and O–H groups in total. The number of hydrogen-bond acceptors (Lipinski definition) is 4. The summed E-state index contributed by atoms with van der Waals surface area (Å²) in [5.74, 6) is 3.28. The van der Waals surface area contributed by atoms with E-state index in [4.69, 9.17) is 17.2 Å². The second-order valence-corrected chi connectivity index (χ2v) is 7.35. The first-order chi connectivity index (χ1) is 11.3. The minimum absolute atomic E-state index is 0.605. The average molecular weight is 331 g/mol. The lowest BCUT2D eigenvalue weighted by molar-refractivity contribution is 0.319. The molecule has 6 heteroatoms. The lowest BCUT2D eigenvalue weighted by Gasteiger charge is -2.23. The number of hydrogen-bond donors (Lipinski definition) is 2. The Morgan fingerprint density at radius 3 is 2.65 bits per heavy atom. The molecule has 2 aromatic heterocycles. The first kappa shape index (κ1) is 15.1. The van der Waals surface area contributed by atoms with Crippen molar-refractivity contribution in [3.05, 3.63) is 10.6 Å². The van der Waals surface area contributed by atoms with Gasteiger partial charge in [0, 0.05) is 19.0 Å². The standard InChI is InChI=1S/C17H25N5S/c1-2-18-15-13-16(20-14(19-13)12-8-9-12)22(17(23)21-15)10-11-6-4-3-5-7-11/h11-12H,2-10H2,1H3,(H,19,20)(H,18,21,23). The van der Waals surface area contributed by atoms with E-state index in [2.05, 4.69) is 26.8 Å². The van der Waals surface area contributed by atoms with Crippen LogP contribution in [0.25, 0.3) is 11.2 Å². The number of fused-ring (bicyclic) bond motifs is 1. The molecule has 2 aliphatic carbocycles. The number of nitrogens with zero attached hydrogens (tertiary/aromatic N) is 3. The van der Waals surface area contributed by atoms with E-state index in [0.717, 1.165) is 35.9 Å². The highest BCUT2D eigenvalue weighted by molar-refractivity contribution is 7.71. The number of imidazole rings is 1. The van der Waals surface area contributed by atoms with Crippen LogP contribution >= 0.6 is 12.2 Å². The Morgan fingerprint density at radius 1 is 1.17 bits per heavy atom. The number of aromatic nitrogens is 4. The molecule has 0 unspecified atom stereocenters. The van der Waals surface area contributed by atoms with Crippen molar-refractivity contribution < 1.29 is 0 Å². The lowest BCUT2D eigenvalue weighted by atomic mass is 9.89. The molecule has 0 aromatic carbocycles. The van der Waals surface area contributed by atoms with Gasteiger partial charge in [0.25, 0.3) is 0 Å². The third kappa shape index (κ3) is 3.01. The van der Waals surface area contributed by atoms with Crippen LogP contribution in [0, 0.1) is 10.7 Å². The van der Waals surface area contributed by atoms with Crippen LogP contribution in [0.3, 0.4) is 0 Å². The SMILES string of the molecule is CCNc1nc(=S)n(CC2CCCCC2)c2nc(C3CC3)[nH]c12. The van der Waals surface area contributed by atoms with Gasteiger partial charge in [0.15, 0.2) is 11.5 Å². The number of nitrogens with one attached hydrogen (secondary N) is 2. The maximum Gasteiger partial charge on any atom is 0.203 e. The summed E-state index contributed by atoms with van der Waals surface area (Å²) in [7, 11) is 0. The van der Waals surface area contributed by atoms with E-state index >= 15 is 0 Å². The summed E-state index contributed by atoms with van der Waals surface area (Å²) in [6.07, 6.45) is 9.16. The van der Waals surface area contributed by atoms with Crippen LogP contribution in [0.5, 0.6) is 0 Å². The molecule has 2 aromatic rings. The number of aromatic amines is 1. The van der Waals surface area contributed by atoms with Gasteiger partial charge in [0.05, 0.1) is 0 Å². The Bertz CT molecular complexity index is 752. The zero-order valence-electron chi connectivity index (χ0n) is 13.8. The minimum Gasteiger partial charge on any atom is -0.368 e. The normalized spacial score (nSPS) is 19.3. The van der Waals surface area contributed by atoms with Gasteiger partial charge in [0.2, 0.25) is 4.77 Å². The summed E-state index contributed by atoms with van der Waals surface area (Å²) < 4.78 is 2.83. The lowest BCUT2D eigenvalue weighted by Crippen LogP contribution is -2.17. The van der Waals surface area contributed by atoms with Gasteiger partial charge in [-0.05, 0) is 50.7 Å². The van der Waals surface area contributed by atoms with Gasteiger partial charge in [-0.25, -0.2) is 9.97 Å². The van der Waals surface area contributed by atoms with Crippen LogP contribution in [0.15, 0.2) is 0 Å². The van der Waals surface area contributed by atoms with Crippen molar-refractivity contribution in [2.75, 3.05) is 11.9 Å². The summed E-state index contributed by atoms with van der Waals surface area (Å²) >= 11 is 5.60. The third-order valence-electron chi connectivity index (χ3n) is 5.11. The monoisotopic (exact) mass is 331 g/mol. The fraction of sp³-hybridized carbons (Fsp3) is 0.706. The van der Waals surface area contributed by atoms with E-state index < -0.39 is 0 Å². The van der Waals surface area contributed by atoms with Gasteiger partial charge < -0.3 is 10.3 Å². The van der Waals surface area contributed by atoms with Crippen LogP contribution < -0.4 is 5.32 Å². The molecule has 5 nitrogen and oxygen atoms in total. The van der Waals surface area contributed by atoms with E-state index in [1.54, 1.807) is 0 Å². The fourth-order valence-corrected chi connectivity index (χ4v) is 3.94. The van der Waals surface area contributed by atoms with Gasteiger partial charge in [0.1, 0.15) is 11.3 Å². The Balaban J connectivity index is 1.77. The van der Waals surface area contributed by atoms with Crippen LogP contribution in [0.2, 0.25) is 0 Å². The molecule has 2 fully saturated rings. The molecule has 124 valence electrons. The molecule has 0 saturated heterocycles. The highest BCUT2D eigenvalue weighted by Gasteiger charge is 2.28. The maximum absolute atomic E-state index is 5.60. The highest BCUT2D eigenvalue weighted by Crippen LogP contribution is 2.39. The molecule has 2 saturated carbocycles. The van der Waals surface area contributed by atoms with Crippen molar-refractivity contribution in [3.63, 3.8) is 0 Å². The van der Waals surface area contributed by atoms with Crippen molar-refractivity contribution in [2.45, 2.75) is 64.3 Å². The van der Waals surface area contributed by atoms with Gasteiger partial charge >= 0.3 is 0 Å². The molecule has 0 amide bonds.